The zero-order valence-electron chi connectivity index (χ0n) is 15.7. The minimum absolute atomic E-state index is 0.425. The maximum Gasteiger partial charge on any atom is 0.321 e. The number of hydrogen-bond donors (Lipinski definition) is 3. The summed E-state index contributed by atoms with van der Waals surface area (Å²) in [5.41, 5.74) is 7.80. The van der Waals surface area contributed by atoms with Gasteiger partial charge in [0.1, 0.15) is 6.04 Å². The molecular formula is C23H23N3O2. The summed E-state index contributed by atoms with van der Waals surface area (Å²) in [6.07, 6.45) is 0.425. The van der Waals surface area contributed by atoms with Gasteiger partial charge in [-0.3, -0.25) is 10.2 Å². The van der Waals surface area contributed by atoms with E-state index in [1.165, 1.54) is 0 Å². The molecule has 3 N–H and O–H groups in total. The molecular weight excluding hydrogens is 350 g/mol. The first-order valence-corrected chi connectivity index (χ1v) is 9.11. The maximum absolute atomic E-state index is 11.2. The van der Waals surface area contributed by atoms with Gasteiger partial charge in [-0.15, -0.1) is 0 Å². The van der Waals surface area contributed by atoms with Crippen LogP contribution >= 0.6 is 0 Å². The van der Waals surface area contributed by atoms with Gasteiger partial charge in [-0.2, -0.15) is 5.10 Å². The minimum atomic E-state index is -0.857. The lowest BCUT2D eigenvalue weighted by Gasteiger charge is -2.12. The molecule has 0 aliphatic rings. The highest BCUT2D eigenvalue weighted by Gasteiger charge is 2.15. The lowest BCUT2D eigenvalue weighted by atomic mass is 10.0. The fraction of sp³-hybridized carbons (Fsp3) is 0.130. The summed E-state index contributed by atoms with van der Waals surface area (Å²) in [6.45, 7) is 0. The summed E-state index contributed by atoms with van der Waals surface area (Å²) in [4.78, 5) is 11.2. The Hall–Kier alpha value is -3.44. The smallest absolute Gasteiger partial charge is 0.321 e. The fourth-order valence-electron chi connectivity index (χ4n) is 2.87. The monoisotopic (exact) mass is 373 g/mol. The fourth-order valence-corrected chi connectivity index (χ4v) is 2.87. The topological polar surface area (TPSA) is 73.7 Å². The quantitative estimate of drug-likeness (QED) is 0.415. The van der Waals surface area contributed by atoms with E-state index in [0.717, 1.165) is 28.1 Å². The van der Waals surface area contributed by atoms with Crippen molar-refractivity contribution in [3.05, 3.63) is 102 Å². The molecule has 0 radical (unpaired) electrons. The molecule has 0 bridgehead atoms. The van der Waals surface area contributed by atoms with Crippen LogP contribution < -0.4 is 10.7 Å². The van der Waals surface area contributed by atoms with Crippen LogP contribution in [0.1, 0.15) is 16.7 Å². The summed E-state index contributed by atoms with van der Waals surface area (Å²) in [5, 5.41) is 16.6. The third-order valence-corrected chi connectivity index (χ3v) is 4.43. The van der Waals surface area contributed by atoms with Gasteiger partial charge in [0, 0.05) is 11.1 Å². The van der Waals surface area contributed by atoms with Gasteiger partial charge in [0.05, 0.1) is 11.4 Å². The molecule has 28 heavy (non-hydrogen) atoms. The molecule has 3 aromatic carbocycles. The van der Waals surface area contributed by atoms with Gasteiger partial charge in [-0.1, -0.05) is 72.8 Å². The summed E-state index contributed by atoms with van der Waals surface area (Å²) >= 11 is 0. The SMILES string of the molecule is CNC(Cc1ccc(NN=C(c2ccccc2)c2ccccc2)cc1)C(=O)O. The number of hydrazone groups is 1. The molecule has 1 unspecified atom stereocenters. The Balaban J connectivity index is 1.79. The Bertz CT molecular complexity index is 882. The third kappa shape index (κ3) is 5.05. The second-order valence-corrected chi connectivity index (χ2v) is 6.38. The number of likely N-dealkylation sites (N-methyl/N-ethyl adjacent to an activating group) is 1. The van der Waals surface area contributed by atoms with Crippen LogP contribution in [0.4, 0.5) is 5.69 Å². The average Bonchev–Trinajstić information content (AvgIpc) is 2.74. The summed E-state index contributed by atoms with van der Waals surface area (Å²) < 4.78 is 0. The number of carboxylic acids is 1. The van der Waals surface area contributed by atoms with Crippen molar-refractivity contribution >= 4 is 17.4 Å². The minimum Gasteiger partial charge on any atom is -0.480 e. The van der Waals surface area contributed by atoms with Crippen LogP contribution in [-0.4, -0.2) is 29.9 Å². The van der Waals surface area contributed by atoms with Crippen LogP contribution in [0, 0.1) is 0 Å². The van der Waals surface area contributed by atoms with E-state index in [4.69, 9.17) is 5.11 Å². The molecule has 0 aromatic heterocycles. The second kappa shape index (κ2) is 9.48. The predicted octanol–water partition coefficient (Wildman–Crippen LogP) is 3.77. The number of carboxylic acid groups (broad SMARTS) is 1. The summed E-state index contributed by atoms with van der Waals surface area (Å²) in [6, 6.07) is 27.1. The van der Waals surface area contributed by atoms with Crippen LogP contribution in [0.3, 0.4) is 0 Å². The normalized spacial score (nSPS) is 11.5. The number of nitrogens with one attached hydrogen (secondary N) is 2. The van der Waals surface area contributed by atoms with Crippen LogP contribution in [-0.2, 0) is 11.2 Å². The standard InChI is InChI=1S/C23H23N3O2/c1-24-21(23(27)28)16-17-12-14-20(15-13-17)25-26-22(18-8-4-2-5-9-18)19-10-6-3-7-11-19/h2-15,21,24-25H,16H2,1H3,(H,27,28). The van der Waals surface area contributed by atoms with Crippen molar-refractivity contribution in [3.8, 4) is 0 Å². The molecule has 0 heterocycles. The first-order chi connectivity index (χ1) is 13.7. The van der Waals surface area contributed by atoms with Gasteiger partial charge in [0.15, 0.2) is 0 Å². The molecule has 142 valence electrons. The van der Waals surface area contributed by atoms with E-state index in [-0.39, 0.29) is 0 Å². The number of hydrogen-bond acceptors (Lipinski definition) is 4. The van der Waals surface area contributed by atoms with E-state index in [9.17, 15) is 4.79 Å². The number of nitrogens with zero attached hydrogens (tertiary/aromatic N) is 1. The van der Waals surface area contributed by atoms with Crippen molar-refractivity contribution < 1.29 is 9.90 Å². The van der Waals surface area contributed by atoms with Gasteiger partial charge in [-0.25, -0.2) is 0 Å². The van der Waals surface area contributed by atoms with Gasteiger partial charge < -0.3 is 10.4 Å². The Labute approximate surface area is 164 Å². The molecule has 0 spiro atoms. The van der Waals surface area contributed by atoms with Gasteiger partial charge in [-0.05, 0) is 31.2 Å². The first-order valence-electron chi connectivity index (χ1n) is 9.11. The van der Waals surface area contributed by atoms with Crippen molar-refractivity contribution in [2.45, 2.75) is 12.5 Å². The number of rotatable bonds is 8. The lowest BCUT2D eigenvalue weighted by Crippen LogP contribution is -2.35. The Morgan fingerprint density at radius 2 is 1.43 bits per heavy atom. The zero-order chi connectivity index (χ0) is 19.8. The van der Waals surface area contributed by atoms with E-state index in [0.29, 0.717) is 6.42 Å². The maximum atomic E-state index is 11.2. The largest absolute Gasteiger partial charge is 0.480 e. The molecule has 5 heteroatoms. The van der Waals surface area contributed by atoms with Crippen LogP contribution in [0.25, 0.3) is 0 Å². The number of carbonyl (C=O) groups is 1. The van der Waals surface area contributed by atoms with E-state index >= 15 is 0 Å². The molecule has 3 aromatic rings. The molecule has 5 nitrogen and oxygen atoms in total. The number of anilines is 1. The van der Waals surface area contributed by atoms with E-state index in [2.05, 4.69) is 15.8 Å². The van der Waals surface area contributed by atoms with Crippen molar-refractivity contribution in [1.82, 2.24) is 5.32 Å². The molecule has 0 amide bonds. The van der Waals surface area contributed by atoms with Crippen molar-refractivity contribution in [1.29, 1.82) is 0 Å². The van der Waals surface area contributed by atoms with E-state index < -0.39 is 12.0 Å². The molecule has 0 fully saturated rings. The van der Waals surface area contributed by atoms with Gasteiger partial charge in [0.2, 0.25) is 0 Å². The first kappa shape index (κ1) is 19.3. The molecule has 0 saturated carbocycles. The Morgan fingerprint density at radius 3 is 1.89 bits per heavy atom. The molecule has 1 atom stereocenters. The second-order valence-electron chi connectivity index (χ2n) is 6.38. The number of aliphatic carboxylic acids is 1. The molecule has 0 aliphatic heterocycles. The van der Waals surface area contributed by atoms with Crippen molar-refractivity contribution in [2.75, 3.05) is 12.5 Å². The van der Waals surface area contributed by atoms with Gasteiger partial charge in [0.25, 0.3) is 0 Å². The average molecular weight is 373 g/mol. The van der Waals surface area contributed by atoms with Crippen LogP contribution in [0.15, 0.2) is 90.0 Å². The van der Waals surface area contributed by atoms with E-state index in [1.54, 1.807) is 7.05 Å². The predicted molar refractivity (Wildman–Crippen MR) is 113 cm³/mol. The highest BCUT2D eigenvalue weighted by atomic mass is 16.4. The van der Waals surface area contributed by atoms with Crippen LogP contribution in [0.2, 0.25) is 0 Å². The molecule has 0 aliphatic carbocycles. The Kier molecular flexibility index (Phi) is 6.54. The Morgan fingerprint density at radius 1 is 0.893 bits per heavy atom. The third-order valence-electron chi connectivity index (χ3n) is 4.43. The van der Waals surface area contributed by atoms with E-state index in [1.807, 2.05) is 84.9 Å². The molecule has 3 rings (SSSR count). The number of benzene rings is 3. The van der Waals surface area contributed by atoms with Crippen molar-refractivity contribution in [3.63, 3.8) is 0 Å². The molecule has 0 saturated heterocycles. The highest BCUT2D eigenvalue weighted by molar-refractivity contribution is 6.13. The van der Waals surface area contributed by atoms with Gasteiger partial charge >= 0.3 is 5.97 Å². The highest BCUT2D eigenvalue weighted by Crippen LogP contribution is 2.14. The van der Waals surface area contributed by atoms with Crippen molar-refractivity contribution in [2.24, 2.45) is 5.10 Å². The zero-order valence-corrected chi connectivity index (χ0v) is 15.7. The summed E-state index contributed by atoms with van der Waals surface area (Å²) in [5.74, 6) is -0.857. The summed E-state index contributed by atoms with van der Waals surface area (Å²) in [7, 11) is 1.65. The lowest BCUT2D eigenvalue weighted by molar-refractivity contribution is -0.139. The van der Waals surface area contributed by atoms with Crippen LogP contribution in [0.5, 0.6) is 0 Å².